The zero-order chi connectivity index (χ0) is 15.6. The number of hydrogen-bond acceptors (Lipinski definition) is 4. The molecule has 0 fully saturated rings. The topological polar surface area (TPSA) is 76.1 Å². The quantitative estimate of drug-likeness (QED) is 0.868. The molecule has 0 aliphatic rings. The summed E-state index contributed by atoms with van der Waals surface area (Å²) in [4.78, 5) is 15.9. The first kappa shape index (κ1) is 15.8. The standard InChI is InChI=1S/C13H10Cl2N2O3S/c1-21(19,20)10-4-2-9(3-5-10)17-13(18)8-6-11(14)12(15)16-7-8/h2-7H,1H3,(H,17,18). The summed E-state index contributed by atoms with van der Waals surface area (Å²) in [7, 11) is -3.27. The van der Waals surface area contributed by atoms with Crippen LogP contribution >= 0.6 is 23.2 Å². The van der Waals surface area contributed by atoms with E-state index in [0.29, 0.717) is 5.69 Å². The van der Waals surface area contributed by atoms with Crippen LogP contribution in [0.2, 0.25) is 10.2 Å². The lowest BCUT2D eigenvalue weighted by Crippen LogP contribution is -2.12. The minimum Gasteiger partial charge on any atom is -0.322 e. The van der Waals surface area contributed by atoms with Gasteiger partial charge in [-0.3, -0.25) is 4.79 Å². The third kappa shape index (κ3) is 3.93. The van der Waals surface area contributed by atoms with Crippen LogP contribution in [0.15, 0.2) is 41.4 Å². The summed E-state index contributed by atoms with van der Waals surface area (Å²) in [6.07, 6.45) is 2.41. The van der Waals surface area contributed by atoms with Crippen LogP contribution in [0.1, 0.15) is 10.4 Å². The van der Waals surface area contributed by atoms with Gasteiger partial charge in [0.15, 0.2) is 9.84 Å². The lowest BCUT2D eigenvalue weighted by Gasteiger charge is -2.06. The number of sulfone groups is 1. The number of nitrogens with zero attached hydrogens (tertiary/aromatic N) is 1. The van der Waals surface area contributed by atoms with Gasteiger partial charge in [-0.05, 0) is 30.3 Å². The van der Waals surface area contributed by atoms with Crippen molar-refractivity contribution in [2.24, 2.45) is 0 Å². The molecule has 21 heavy (non-hydrogen) atoms. The number of rotatable bonds is 3. The highest BCUT2D eigenvalue weighted by atomic mass is 35.5. The first-order valence-corrected chi connectivity index (χ1v) is 8.34. The Balaban J connectivity index is 2.18. The fourth-order valence-corrected chi connectivity index (χ4v) is 2.43. The Morgan fingerprint density at radius 1 is 1.19 bits per heavy atom. The summed E-state index contributed by atoms with van der Waals surface area (Å²) in [5, 5.41) is 2.90. The molecule has 1 N–H and O–H groups in total. The monoisotopic (exact) mass is 344 g/mol. The summed E-state index contributed by atoms with van der Waals surface area (Å²) in [6, 6.07) is 7.23. The highest BCUT2D eigenvalue weighted by molar-refractivity contribution is 7.90. The molecular weight excluding hydrogens is 335 g/mol. The van der Waals surface area contributed by atoms with Crippen LogP contribution in [-0.2, 0) is 9.84 Å². The Labute approximate surface area is 131 Å². The molecule has 0 unspecified atom stereocenters. The molecule has 0 saturated carbocycles. The maximum absolute atomic E-state index is 12.0. The molecule has 0 bridgehead atoms. The summed E-state index contributed by atoms with van der Waals surface area (Å²) in [5.41, 5.74) is 0.704. The van der Waals surface area contributed by atoms with E-state index in [9.17, 15) is 13.2 Å². The van der Waals surface area contributed by atoms with Gasteiger partial charge >= 0.3 is 0 Å². The summed E-state index contributed by atoms with van der Waals surface area (Å²) >= 11 is 11.5. The van der Waals surface area contributed by atoms with Crippen LogP contribution in [0.25, 0.3) is 0 Å². The van der Waals surface area contributed by atoms with Crippen LogP contribution in [0.5, 0.6) is 0 Å². The van der Waals surface area contributed by atoms with Crippen molar-refractivity contribution in [1.82, 2.24) is 4.98 Å². The second-order valence-electron chi connectivity index (χ2n) is 4.25. The van der Waals surface area contributed by atoms with Gasteiger partial charge in [-0.2, -0.15) is 0 Å². The number of aromatic nitrogens is 1. The van der Waals surface area contributed by atoms with Gasteiger partial charge in [-0.1, -0.05) is 23.2 Å². The summed E-state index contributed by atoms with van der Waals surface area (Å²) in [6.45, 7) is 0. The number of carbonyl (C=O) groups excluding carboxylic acids is 1. The minimum atomic E-state index is -3.27. The zero-order valence-electron chi connectivity index (χ0n) is 10.8. The number of amides is 1. The molecule has 110 valence electrons. The number of benzene rings is 1. The molecule has 0 saturated heterocycles. The first-order valence-electron chi connectivity index (χ1n) is 5.70. The molecule has 1 aromatic carbocycles. The molecular formula is C13H10Cl2N2O3S. The average Bonchev–Trinajstić information content (AvgIpc) is 2.41. The molecule has 0 atom stereocenters. The van der Waals surface area contributed by atoms with Gasteiger partial charge in [-0.25, -0.2) is 13.4 Å². The maximum atomic E-state index is 12.0. The summed E-state index contributed by atoms with van der Waals surface area (Å²) < 4.78 is 22.7. The van der Waals surface area contributed by atoms with Crippen LogP contribution in [0, 0.1) is 0 Å². The molecule has 8 heteroatoms. The molecule has 2 aromatic rings. The van der Waals surface area contributed by atoms with Gasteiger partial charge < -0.3 is 5.32 Å². The Bertz CT molecular complexity index is 790. The minimum absolute atomic E-state index is 0.116. The van der Waals surface area contributed by atoms with Gasteiger partial charge in [-0.15, -0.1) is 0 Å². The third-order valence-corrected chi connectivity index (χ3v) is 4.41. The number of halogens is 2. The molecule has 0 radical (unpaired) electrons. The fourth-order valence-electron chi connectivity index (χ4n) is 1.53. The molecule has 2 rings (SSSR count). The number of carbonyl (C=O) groups is 1. The van der Waals surface area contributed by atoms with E-state index in [1.54, 1.807) is 0 Å². The maximum Gasteiger partial charge on any atom is 0.257 e. The SMILES string of the molecule is CS(=O)(=O)c1ccc(NC(=O)c2cnc(Cl)c(Cl)c2)cc1. The lowest BCUT2D eigenvalue weighted by molar-refractivity contribution is 0.102. The van der Waals surface area contributed by atoms with Gasteiger partial charge in [0.05, 0.1) is 15.5 Å². The second kappa shape index (κ2) is 6.01. The van der Waals surface area contributed by atoms with Crippen molar-refractivity contribution in [3.05, 3.63) is 52.3 Å². The Kier molecular flexibility index (Phi) is 4.51. The van der Waals surface area contributed by atoms with Gasteiger partial charge in [0.1, 0.15) is 5.15 Å². The molecule has 0 spiro atoms. The highest BCUT2D eigenvalue weighted by Gasteiger charge is 2.11. The smallest absolute Gasteiger partial charge is 0.257 e. The van der Waals surface area contributed by atoms with E-state index >= 15 is 0 Å². The fraction of sp³-hybridized carbons (Fsp3) is 0.0769. The summed E-state index contributed by atoms with van der Waals surface area (Å²) in [5.74, 6) is -0.423. The molecule has 0 aliphatic heterocycles. The lowest BCUT2D eigenvalue weighted by atomic mass is 10.2. The normalized spacial score (nSPS) is 11.2. The second-order valence-corrected chi connectivity index (χ2v) is 7.03. The molecule has 5 nitrogen and oxygen atoms in total. The number of hydrogen-bond donors (Lipinski definition) is 1. The van der Waals surface area contributed by atoms with Gasteiger partial charge in [0, 0.05) is 18.1 Å². The van der Waals surface area contributed by atoms with E-state index in [0.717, 1.165) is 6.26 Å². The van der Waals surface area contributed by atoms with Crippen molar-refractivity contribution in [3.63, 3.8) is 0 Å². The Hall–Kier alpha value is -1.63. The van der Waals surface area contributed by atoms with Crippen molar-refractivity contribution in [1.29, 1.82) is 0 Å². The van der Waals surface area contributed by atoms with E-state index < -0.39 is 15.7 Å². The number of nitrogens with one attached hydrogen (secondary N) is 1. The van der Waals surface area contributed by atoms with Crippen molar-refractivity contribution >= 4 is 44.6 Å². The molecule has 1 amide bonds. The van der Waals surface area contributed by atoms with Gasteiger partial charge in [0.2, 0.25) is 0 Å². The van der Waals surface area contributed by atoms with Crippen molar-refractivity contribution < 1.29 is 13.2 Å². The third-order valence-electron chi connectivity index (χ3n) is 2.60. The van der Waals surface area contributed by atoms with E-state index in [2.05, 4.69) is 10.3 Å². The van der Waals surface area contributed by atoms with Crippen molar-refractivity contribution in [2.75, 3.05) is 11.6 Å². The Morgan fingerprint density at radius 2 is 1.81 bits per heavy atom. The highest BCUT2D eigenvalue weighted by Crippen LogP contribution is 2.20. The predicted molar refractivity (Wildman–Crippen MR) is 81.8 cm³/mol. The van der Waals surface area contributed by atoms with E-state index in [-0.39, 0.29) is 20.6 Å². The molecule has 0 aliphatic carbocycles. The van der Waals surface area contributed by atoms with Gasteiger partial charge in [0.25, 0.3) is 5.91 Å². The zero-order valence-corrected chi connectivity index (χ0v) is 13.1. The van der Waals surface area contributed by atoms with E-state index in [1.165, 1.54) is 36.5 Å². The van der Waals surface area contributed by atoms with Crippen molar-refractivity contribution in [2.45, 2.75) is 4.90 Å². The van der Waals surface area contributed by atoms with E-state index in [1.807, 2.05) is 0 Å². The van der Waals surface area contributed by atoms with Crippen LogP contribution in [0.3, 0.4) is 0 Å². The van der Waals surface area contributed by atoms with Crippen LogP contribution in [0.4, 0.5) is 5.69 Å². The number of anilines is 1. The molecule has 1 aromatic heterocycles. The van der Waals surface area contributed by atoms with E-state index in [4.69, 9.17) is 23.2 Å². The first-order chi connectivity index (χ1) is 9.77. The molecule has 1 heterocycles. The average molecular weight is 345 g/mol. The largest absolute Gasteiger partial charge is 0.322 e. The Morgan fingerprint density at radius 3 is 2.33 bits per heavy atom. The predicted octanol–water partition coefficient (Wildman–Crippen LogP) is 3.04. The number of pyridine rings is 1. The van der Waals surface area contributed by atoms with Crippen LogP contribution in [-0.4, -0.2) is 25.6 Å². The van der Waals surface area contributed by atoms with Crippen molar-refractivity contribution in [3.8, 4) is 0 Å². The van der Waals surface area contributed by atoms with Crippen LogP contribution < -0.4 is 5.32 Å².